The smallest absolute Gasteiger partial charge is 0.326 e. The molecule has 2 nitrogen and oxygen atoms in total. The van der Waals surface area contributed by atoms with Crippen LogP contribution >= 0.6 is 0 Å². The fourth-order valence-corrected chi connectivity index (χ4v) is 1.49. The first-order valence-corrected chi connectivity index (χ1v) is 5.37. The Balaban J connectivity index is 0.00000144. The summed E-state index contributed by atoms with van der Waals surface area (Å²) in [5.41, 5.74) is 0.845. The van der Waals surface area contributed by atoms with Crippen molar-refractivity contribution >= 4 is 22.4 Å². The third-order valence-electron chi connectivity index (χ3n) is 2.48. The first-order valence-electron chi connectivity index (χ1n) is 5.37. The monoisotopic (exact) mass is 251 g/mol. The SMILES string of the molecule is CC(C)C(=O)Nc1ccc2c[c-]ccc2c1.[K+]. The van der Waals surface area contributed by atoms with Crippen LogP contribution in [0.2, 0.25) is 0 Å². The molecule has 17 heavy (non-hydrogen) atoms. The van der Waals surface area contributed by atoms with Crippen molar-refractivity contribution in [1.82, 2.24) is 0 Å². The van der Waals surface area contributed by atoms with Gasteiger partial charge in [0.05, 0.1) is 0 Å². The van der Waals surface area contributed by atoms with Crippen molar-refractivity contribution < 1.29 is 56.2 Å². The van der Waals surface area contributed by atoms with E-state index in [4.69, 9.17) is 0 Å². The third-order valence-corrected chi connectivity index (χ3v) is 2.48. The number of anilines is 1. The van der Waals surface area contributed by atoms with E-state index in [0.717, 1.165) is 16.5 Å². The minimum Gasteiger partial charge on any atom is -0.326 e. The van der Waals surface area contributed by atoms with Crippen molar-refractivity contribution in [3.8, 4) is 0 Å². The number of fused-ring (bicyclic) bond motifs is 1. The van der Waals surface area contributed by atoms with Crippen LogP contribution in [0.4, 0.5) is 5.69 Å². The number of carbonyl (C=O) groups excluding carboxylic acids is 1. The molecule has 2 aromatic carbocycles. The van der Waals surface area contributed by atoms with E-state index in [-0.39, 0.29) is 63.2 Å². The van der Waals surface area contributed by atoms with Gasteiger partial charge < -0.3 is 5.32 Å². The molecule has 0 saturated heterocycles. The number of amides is 1. The van der Waals surface area contributed by atoms with Crippen LogP contribution in [-0.2, 0) is 4.79 Å². The normalized spacial score (nSPS) is 10.1. The van der Waals surface area contributed by atoms with Gasteiger partial charge in [0.2, 0.25) is 5.91 Å². The van der Waals surface area contributed by atoms with Crippen LogP contribution in [0.15, 0.2) is 36.4 Å². The summed E-state index contributed by atoms with van der Waals surface area (Å²) in [5.74, 6) is 0.0432. The first kappa shape index (κ1) is 14.9. The van der Waals surface area contributed by atoms with Crippen molar-refractivity contribution in [2.45, 2.75) is 13.8 Å². The summed E-state index contributed by atoms with van der Waals surface area (Å²) in [6, 6.07) is 14.7. The topological polar surface area (TPSA) is 29.1 Å². The van der Waals surface area contributed by atoms with Crippen LogP contribution < -0.4 is 56.7 Å². The van der Waals surface area contributed by atoms with Crippen LogP contribution in [0.1, 0.15) is 13.8 Å². The quantitative estimate of drug-likeness (QED) is 0.601. The number of hydrogen-bond acceptors (Lipinski definition) is 1. The molecular weight excluding hydrogens is 237 g/mol. The van der Waals surface area contributed by atoms with Crippen LogP contribution in [0.25, 0.3) is 10.8 Å². The van der Waals surface area contributed by atoms with Gasteiger partial charge in [0.25, 0.3) is 0 Å². The molecule has 2 aromatic rings. The molecule has 0 fully saturated rings. The largest absolute Gasteiger partial charge is 1.00 e. The Morgan fingerprint density at radius 2 is 2.00 bits per heavy atom. The summed E-state index contributed by atoms with van der Waals surface area (Å²) < 4.78 is 0. The Morgan fingerprint density at radius 1 is 1.24 bits per heavy atom. The number of benzene rings is 2. The van der Waals surface area contributed by atoms with E-state index in [1.165, 1.54) is 0 Å². The molecule has 0 saturated carbocycles. The van der Waals surface area contributed by atoms with E-state index in [2.05, 4.69) is 11.4 Å². The molecule has 0 atom stereocenters. The van der Waals surface area contributed by atoms with Gasteiger partial charge in [-0.1, -0.05) is 26.0 Å². The van der Waals surface area contributed by atoms with Gasteiger partial charge in [0, 0.05) is 11.6 Å². The summed E-state index contributed by atoms with van der Waals surface area (Å²) >= 11 is 0. The summed E-state index contributed by atoms with van der Waals surface area (Å²) in [4.78, 5) is 11.5. The van der Waals surface area contributed by atoms with Gasteiger partial charge in [-0.25, -0.2) is 0 Å². The van der Waals surface area contributed by atoms with Crippen molar-refractivity contribution in [2.75, 3.05) is 5.32 Å². The van der Waals surface area contributed by atoms with Gasteiger partial charge in [-0.3, -0.25) is 4.79 Å². The Labute approximate surface area is 144 Å². The van der Waals surface area contributed by atoms with Gasteiger partial charge in [-0.15, -0.1) is 16.8 Å². The number of nitrogens with one attached hydrogen (secondary N) is 1. The van der Waals surface area contributed by atoms with Crippen molar-refractivity contribution in [2.24, 2.45) is 5.92 Å². The molecular formula is C14H14KNO. The van der Waals surface area contributed by atoms with E-state index >= 15 is 0 Å². The standard InChI is InChI=1S/C14H14NO.K/c1-10(2)14(16)15-13-8-7-11-5-3-4-6-12(11)9-13;/h4-10H,1-2H3,(H,15,16);/q-1;+1. The van der Waals surface area contributed by atoms with E-state index in [1.807, 2.05) is 50.2 Å². The second-order valence-electron chi connectivity index (χ2n) is 4.13. The van der Waals surface area contributed by atoms with Crippen molar-refractivity contribution in [1.29, 1.82) is 0 Å². The first-order chi connectivity index (χ1) is 7.66. The zero-order valence-corrected chi connectivity index (χ0v) is 13.6. The summed E-state index contributed by atoms with van der Waals surface area (Å²) in [7, 11) is 0. The van der Waals surface area contributed by atoms with Gasteiger partial charge >= 0.3 is 51.4 Å². The molecule has 0 heterocycles. The number of carbonyl (C=O) groups is 1. The molecule has 0 aliphatic heterocycles. The third kappa shape index (κ3) is 3.90. The predicted octanol–water partition coefficient (Wildman–Crippen LogP) is 0.238. The molecule has 0 aliphatic rings. The summed E-state index contributed by atoms with van der Waals surface area (Å²) in [6.45, 7) is 3.76. The van der Waals surface area contributed by atoms with Gasteiger partial charge in [0.1, 0.15) is 0 Å². The summed E-state index contributed by atoms with van der Waals surface area (Å²) in [6.07, 6.45) is 0. The van der Waals surface area contributed by atoms with Crippen LogP contribution in [0.3, 0.4) is 0 Å². The zero-order chi connectivity index (χ0) is 11.5. The van der Waals surface area contributed by atoms with Crippen LogP contribution in [0, 0.1) is 12.0 Å². The maximum atomic E-state index is 11.5. The van der Waals surface area contributed by atoms with E-state index in [9.17, 15) is 4.79 Å². The molecule has 0 spiro atoms. The number of rotatable bonds is 2. The van der Waals surface area contributed by atoms with Crippen molar-refractivity contribution in [3.63, 3.8) is 0 Å². The van der Waals surface area contributed by atoms with E-state index in [1.54, 1.807) is 0 Å². The maximum Gasteiger partial charge on any atom is 1.00 e. The second kappa shape index (κ2) is 6.66. The van der Waals surface area contributed by atoms with Gasteiger partial charge in [-0.2, -0.15) is 24.3 Å². The Hall–Kier alpha value is -0.194. The molecule has 0 aliphatic carbocycles. The fraction of sp³-hybridized carbons (Fsp3) is 0.214. The predicted molar refractivity (Wildman–Crippen MR) is 66.3 cm³/mol. The molecule has 0 bridgehead atoms. The molecule has 1 N–H and O–H groups in total. The van der Waals surface area contributed by atoms with Gasteiger partial charge in [0.15, 0.2) is 0 Å². The van der Waals surface area contributed by atoms with E-state index in [0.29, 0.717) is 0 Å². The molecule has 3 heteroatoms. The zero-order valence-electron chi connectivity index (χ0n) is 10.4. The Morgan fingerprint density at radius 3 is 2.71 bits per heavy atom. The van der Waals surface area contributed by atoms with Crippen LogP contribution in [-0.4, -0.2) is 5.91 Å². The molecule has 1 amide bonds. The molecule has 2 rings (SSSR count). The minimum absolute atomic E-state index is 0. The average molecular weight is 251 g/mol. The molecule has 0 aromatic heterocycles. The fourth-order valence-electron chi connectivity index (χ4n) is 1.49. The second-order valence-corrected chi connectivity index (χ2v) is 4.13. The van der Waals surface area contributed by atoms with Crippen LogP contribution in [0.5, 0.6) is 0 Å². The number of hydrogen-bond donors (Lipinski definition) is 1. The molecule has 82 valence electrons. The minimum atomic E-state index is -0.000182. The average Bonchev–Trinajstić information content (AvgIpc) is 2.28. The molecule has 0 unspecified atom stereocenters. The Bertz CT molecular complexity index is 522. The summed E-state index contributed by atoms with van der Waals surface area (Å²) in [5, 5.41) is 5.13. The maximum absolute atomic E-state index is 11.5. The molecule has 0 radical (unpaired) electrons. The van der Waals surface area contributed by atoms with Crippen molar-refractivity contribution in [3.05, 3.63) is 42.5 Å². The Kier molecular flexibility index (Phi) is 5.83. The van der Waals surface area contributed by atoms with Gasteiger partial charge in [-0.05, 0) is 0 Å². The van der Waals surface area contributed by atoms with E-state index < -0.39 is 0 Å².